The van der Waals surface area contributed by atoms with E-state index in [1.54, 1.807) is 24.3 Å². The Morgan fingerprint density at radius 3 is 2.41 bits per heavy atom. The SMILES string of the molecule is COc1cc(OC2C(CO)OC(O)C(O)C2O)cc(O)c1C1OC1C(O)c1ccccc1. The van der Waals surface area contributed by atoms with Gasteiger partial charge in [-0.2, -0.15) is 0 Å². The molecule has 8 atom stereocenters. The number of aromatic hydroxyl groups is 1. The van der Waals surface area contributed by atoms with E-state index in [1.807, 2.05) is 6.07 Å². The quantitative estimate of drug-likeness (QED) is 0.310. The molecule has 0 radical (unpaired) electrons. The molecule has 0 aliphatic carbocycles. The summed E-state index contributed by atoms with van der Waals surface area (Å²) in [5.41, 5.74) is 1.01. The minimum Gasteiger partial charge on any atom is -0.507 e. The van der Waals surface area contributed by atoms with Crippen LogP contribution < -0.4 is 9.47 Å². The first-order valence-corrected chi connectivity index (χ1v) is 10.1. The summed E-state index contributed by atoms with van der Waals surface area (Å²) in [5.74, 6) is 0.0677. The number of hydrogen-bond donors (Lipinski definition) is 6. The maximum Gasteiger partial charge on any atom is 0.184 e. The summed E-state index contributed by atoms with van der Waals surface area (Å²) in [4.78, 5) is 0. The van der Waals surface area contributed by atoms with Crippen molar-refractivity contribution in [2.45, 2.75) is 49.0 Å². The highest BCUT2D eigenvalue weighted by atomic mass is 16.7. The van der Waals surface area contributed by atoms with Crippen molar-refractivity contribution in [1.82, 2.24) is 0 Å². The van der Waals surface area contributed by atoms with Gasteiger partial charge in [-0.3, -0.25) is 0 Å². The van der Waals surface area contributed by atoms with E-state index in [-0.39, 0.29) is 17.2 Å². The molecule has 0 bridgehead atoms. The molecule has 10 nitrogen and oxygen atoms in total. The molecule has 2 aromatic rings. The van der Waals surface area contributed by atoms with Crippen LogP contribution in [0.2, 0.25) is 0 Å². The molecule has 0 saturated carbocycles. The second-order valence-electron chi connectivity index (χ2n) is 7.75. The zero-order valence-electron chi connectivity index (χ0n) is 17.2. The molecule has 2 aliphatic heterocycles. The predicted molar refractivity (Wildman–Crippen MR) is 108 cm³/mol. The normalized spacial score (nSPS) is 32.9. The van der Waals surface area contributed by atoms with Gasteiger partial charge >= 0.3 is 0 Å². The molecule has 2 heterocycles. The van der Waals surface area contributed by atoms with E-state index in [0.29, 0.717) is 11.1 Å². The molecule has 2 aromatic carbocycles. The average molecular weight is 450 g/mol. The van der Waals surface area contributed by atoms with Gasteiger partial charge in [-0.15, -0.1) is 0 Å². The number of aliphatic hydroxyl groups excluding tert-OH is 5. The summed E-state index contributed by atoms with van der Waals surface area (Å²) in [6.45, 7) is -0.582. The molecule has 2 fully saturated rings. The molecule has 4 rings (SSSR count). The van der Waals surface area contributed by atoms with Gasteiger partial charge in [-0.05, 0) is 5.56 Å². The van der Waals surface area contributed by atoms with Crippen molar-refractivity contribution in [2.75, 3.05) is 13.7 Å². The number of methoxy groups -OCH3 is 1. The molecule has 10 heteroatoms. The minimum atomic E-state index is -1.67. The molecule has 6 N–H and O–H groups in total. The van der Waals surface area contributed by atoms with Crippen molar-refractivity contribution < 1.29 is 49.6 Å². The molecule has 32 heavy (non-hydrogen) atoms. The van der Waals surface area contributed by atoms with Crippen LogP contribution in [0, 0.1) is 0 Å². The lowest BCUT2D eigenvalue weighted by Gasteiger charge is -2.40. The second kappa shape index (κ2) is 9.20. The Labute approximate surface area is 183 Å². The molecule has 2 aliphatic rings. The molecule has 174 valence electrons. The van der Waals surface area contributed by atoms with Crippen LogP contribution in [0.5, 0.6) is 17.2 Å². The van der Waals surface area contributed by atoms with Gasteiger partial charge in [0.25, 0.3) is 0 Å². The first kappa shape index (κ1) is 22.7. The monoisotopic (exact) mass is 450 g/mol. The van der Waals surface area contributed by atoms with Crippen molar-refractivity contribution in [3.05, 3.63) is 53.6 Å². The summed E-state index contributed by atoms with van der Waals surface area (Å²) < 4.78 is 21.7. The van der Waals surface area contributed by atoms with Gasteiger partial charge < -0.3 is 49.6 Å². The third-order valence-corrected chi connectivity index (χ3v) is 5.69. The average Bonchev–Trinajstić information content (AvgIpc) is 3.59. The van der Waals surface area contributed by atoms with Gasteiger partial charge in [0.2, 0.25) is 0 Å². The van der Waals surface area contributed by atoms with Gasteiger partial charge in [0.05, 0.1) is 19.3 Å². The highest BCUT2D eigenvalue weighted by Crippen LogP contribution is 2.52. The van der Waals surface area contributed by atoms with E-state index in [2.05, 4.69) is 0 Å². The smallest absolute Gasteiger partial charge is 0.184 e. The van der Waals surface area contributed by atoms with Crippen LogP contribution in [-0.2, 0) is 9.47 Å². The van der Waals surface area contributed by atoms with Crippen LogP contribution in [0.1, 0.15) is 23.3 Å². The fourth-order valence-corrected chi connectivity index (χ4v) is 3.92. The van der Waals surface area contributed by atoms with E-state index in [0.717, 1.165) is 0 Å². The molecule has 0 amide bonds. The highest BCUT2D eigenvalue weighted by Gasteiger charge is 2.49. The van der Waals surface area contributed by atoms with Crippen LogP contribution in [0.15, 0.2) is 42.5 Å². The van der Waals surface area contributed by atoms with Gasteiger partial charge in [0.1, 0.15) is 53.9 Å². The molecule has 0 aromatic heterocycles. The Morgan fingerprint density at radius 1 is 1.03 bits per heavy atom. The fourth-order valence-electron chi connectivity index (χ4n) is 3.92. The van der Waals surface area contributed by atoms with Gasteiger partial charge in [0.15, 0.2) is 12.4 Å². The zero-order valence-corrected chi connectivity index (χ0v) is 17.2. The van der Waals surface area contributed by atoms with Crippen LogP contribution >= 0.6 is 0 Å². The van der Waals surface area contributed by atoms with Crippen LogP contribution in [-0.4, -0.2) is 81.2 Å². The zero-order chi connectivity index (χ0) is 23.0. The molecule has 2 saturated heterocycles. The van der Waals surface area contributed by atoms with Crippen LogP contribution in [0.25, 0.3) is 0 Å². The van der Waals surface area contributed by atoms with Gasteiger partial charge in [-0.1, -0.05) is 30.3 Å². The Bertz CT molecular complexity index is 920. The van der Waals surface area contributed by atoms with E-state index in [1.165, 1.54) is 19.2 Å². The lowest BCUT2D eigenvalue weighted by atomic mass is 9.98. The van der Waals surface area contributed by atoms with Crippen molar-refractivity contribution in [3.63, 3.8) is 0 Å². The number of epoxide rings is 1. The predicted octanol–water partition coefficient (Wildman–Crippen LogP) is -0.247. The number of benzene rings is 2. The van der Waals surface area contributed by atoms with Crippen LogP contribution in [0.3, 0.4) is 0 Å². The Kier molecular flexibility index (Phi) is 6.54. The maximum absolute atomic E-state index is 10.6. The first-order chi connectivity index (χ1) is 15.3. The Hall–Kier alpha value is -2.44. The van der Waals surface area contributed by atoms with Crippen molar-refractivity contribution in [3.8, 4) is 17.2 Å². The molecule has 0 spiro atoms. The molecule has 8 unspecified atom stereocenters. The third-order valence-electron chi connectivity index (χ3n) is 5.69. The highest BCUT2D eigenvalue weighted by molar-refractivity contribution is 5.53. The van der Waals surface area contributed by atoms with Crippen molar-refractivity contribution in [1.29, 1.82) is 0 Å². The summed E-state index contributed by atoms with van der Waals surface area (Å²) >= 11 is 0. The molecular weight excluding hydrogens is 424 g/mol. The second-order valence-corrected chi connectivity index (χ2v) is 7.75. The lowest BCUT2D eigenvalue weighted by molar-refractivity contribution is -0.282. The minimum absolute atomic E-state index is 0.0681. The summed E-state index contributed by atoms with van der Waals surface area (Å²) in [5, 5.41) is 60.4. The van der Waals surface area contributed by atoms with E-state index < -0.39 is 55.6 Å². The fraction of sp³-hybridized carbons (Fsp3) is 0.455. The van der Waals surface area contributed by atoms with E-state index >= 15 is 0 Å². The summed E-state index contributed by atoms with van der Waals surface area (Å²) in [6, 6.07) is 11.7. The van der Waals surface area contributed by atoms with E-state index in [9.17, 15) is 30.6 Å². The van der Waals surface area contributed by atoms with E-state index in [4.69, 9.17) is 18.9 Å². The van der Waals surface area contributed by atoms with Gasteiger partial charge in [-0.25, -0.2) is 0 Å². The van der Waals surface area contributed by atoms with Gasteiger partial charge in [0, 0.05) is 12.1 Å². The number of rotatable bonds is 7. The largest absolute Gasteiger partial charge is 0.507 e. The number of phenolic OH excluding ortho intramolecular Hbond substituents is 1. The summed E-state index contributed by atoms with van der Waals surface area (Å²) in [7, 11) is 1.39. The topological polar surface area (TPSA) is 162 Å². The first-order valence-electron chi connectivity index (χ1n) is 10.1. The number of aliphatic hydroxyl groups is 5. The van der Waals surface area contributed by atoms with Crippen molar-refractivity contribution in [2.24, 2.45) is 0 Å². The van der Waals surface area contributed by atoms with Crippen LogP contribution in [0.4, 0.5) is 0 Å². The number of phenols is 1. The lowest BCUT2D eigenvalue weighted by Crippen LogP contribution is -2.60. The maximum atomic E-state index is 10.6. The third kappa shape index (κ3) is 4.26. The number of hydrogen-bond acceptors (Lipinski definition) is 10. The molecular formula is C22H26O10. The summed E-state index contributed by atoms with van der Waals surface area (Å²) in [6.07, 6.45) is -9.29. The Balaban J connectivity index is 1.54. The van der Waals surface area contributed by atoms with Crippen molar-refractivity contribution >= 4 is 0 Å². The Morgan fingerprint density at radius 2 is 1.75 bits per heavy atom. The number of ether oxygens (including phenoxy) is 4. The standard InChI is InChI=1S/C22H26O10/c1-29-13-8-11(30-19-14(9-23)31-22(28)18(27)17(19)26)7-12(24)15(13)20-21(32-20)16(25)10-5-3-2-4-6-10/h2-8,14,16-28H,9H2,1H3.